The van der Waals surface area contributed by atoms with Crippen molar-refractivity contribution < 1.29 is 4.42 Å². The molecule has 0 aliphatic carbocycles. The number of hydrogen-bond acceptors (Lipinski definition) is 2. The van der Waals surface area contributed by atoms with Crippen molar-refractivity contribution in [2.75, 3.05) is 0 Å². The zero-order valence-corrected chi connectivity index (χ0v) is 9.25. The SMILES string of the molecule is c1ccc2c(c1)oc1c2ccc2ccsc21. The summed E-state index contributed by atoms with van der Waals surface area (Å²) in [5, 5.41) is 5.78. The summed E-state index contributed by atoms with van der Waals surface area (Å²) in [5.74, 6) is 0. The second kappa shape index (κ2) is 2.86. The molecule has 4 rings (SSSR count). The summed E-state index contributed by atoms with van der Waals surface area (Å²) < 4.78 is 7.18. The Labute approximate surface area is 95.9 Å². The Morgan fingerprint density at radius 3 is 2.81 bits per heavy atom. The summed E-state index contributed by atoms with van der Waals surface area (Å²) in [5.41, 5.74) is 1.99. The van der Waals surface area contributed by atoms with E-state index in [1.54, 1.807) is 11.3 Å². The number of fused-ring (bicyclic) bond motifs is 5. The summed E-state index contributed by atoms with van der Waals surface area (Å²) in [6.07, 6.45) is 0. The van der Waals surface area contributed by atoms with E-state index in [2.05, 4.69) is 35.7 Å². The third-order valence-electron chi connectivity index (χ3n) is 2.97. The van der Waals surface area contributed by atoms with Crippen molar-refractivity contribution in [2.45, 2.75) is 0 Å². The van der Waals surface area contributed by atoms with Gasteiger partial charge in [0.1, 0.15) is 5.58 Å². The smallest absolute Gasteiger partial charge is 0.153 e. The number of benzene rings is 2. The molecule has 0 aliphatic rings. The van der Waals surface area contributed by atoms with E-state index < -0.39 is 0 Å². The van der Waals surface area contributed by atoms with Crippen LogP contribution >= 0.6 is 11.3 Å². The second-order valence-electron chi connectivity index (χ2n) is 3.88. The second-order valence-corrected chi connectivity index (χ2v) is 4.80. The Kier molecular flexibility index (Phi) is 1.50. The van der Waals surface area contributed by atoms with Gasteiger partial charge in [0.05, 0.1) is 4.70 Å². The van der Waals surface area contributed by atoms with Crippen LogP contribution in [-0.2, 0) is 0 Å². The van der Waals surface area contributed by atoms with E-state index in [4.69, 9.17) is 4.42 Å². The van der Waals surface area contributed by atoms with Gasteiger partial charge in [0.15, 0.2) is 5.58 Å². The summed E-state index contributed by atoms with van der Waals surface area (Å²) >= 11 is 1.74. The molecule has 2 aromatic heterocycles. The lowest BCUT2D eigenvalue weighted by Crippen LogP contribution is -1.65. The van der Waals surface area contributed by atoms with Gasteiger partial charge < -0.3 is 4.42 Å². The lowest BCUT2D eigenvalue weighted by molar-refractivity contribution is 0.673. The van der Waals surface area contributed by atoms with Crippen LogP contribution in [0.15, 0.2) is 52.3 Å². The van der Waals surface area contributed by atoms with E-state index in [0.717, 1.165) is 11.2 Å². The Morgan fingerprint density at radius 1 is 0.875 bits per heavy atom. The molecule has 0 radical (unpaired) electrons. The molecule has 0 amide bonds. The molecule has 0 saturated heterocycles. The van der Waals surface area contributed by atoms with Crippen molar-refractivity contribution in [3.63, 3.8) is 0 Å². The average Bonchev–Trinajstić information content (AvgIpc) is 2.92. The monoisotopic (exact) mass is 224 g/mol. The van der Waals surface area contributed by atoms with Gasteiger partial charge in [0.25, 0.3) is 0 Å². The normalized spacial score (nSPS) is 11.8. The standard InChI is InChI=1S/C14H8OS/c1-2-4-12-10(3-1)11-6-5-9-7-8-16-14(9)13(11)15-12/h1-8H. The lowest BCUT2D eigenvalue weighted by atomic mass is 10.1. The first-order chi connectivity index (χ1) is 7.93. The minimum absolute atomic E-state index is 0.971. The van der Waals surface area contributed by atoms with Gasteiger partial charge in [-0.05, 0) is 29.0 Å². The zero-order valence-electron chi connectivity index (χ0n) is 8.44. The van der Waals surface area contributed by atoms with Crippen LogP contribution < -0.4 is 0 Å². The van der Waals surface area contributed by atoms with Crippen LogP contribution in [0.1, 0.15) is 0 Å². The molecule has 16 heavy (non-hydrogen) atoms. The molecule has 0 saturated carbocycles. The predicted molar refractivity (Wildman–Crippen MR) is 69.1 cm³/mol. The number of furan rings is 1. The predicted octanol–water partition coefficient (Wildman–Crippen LogP) is 4.80. The molecule has 0 aliphatic heterocycles. The van der Waals surface area contributed by atoms with Gasteiger partial charge in [0.2, 0.25) is 0 Å². The quantitative estimate of drug-likeness (QED) is 0.418. The highest BCUT2D eigenvalue weighted by Crippen LogP contribution is 2.35. The molecular formula is C14H8OS. The van der Waals surface area contributed by atoms with Crippen molar-refractivity contribution >= 4 is 43.4 Å². The topological polar surface area (TPSA) is 13.1 Å². The third-order valence-corrected chi connectivity index (χ3v) is 3.89. The maximum atomic E-state index is 5.93. The Balaban J connectivity index is 2.38. The van der Waals surface area contributed by atoms with Crippen molar-refractivity contribution in [2.24, 2.45) is 0 Å². The van der Waals surface area contributed by atoms with E-state index >= 15 is 0 Å². The molecule has 0 atom stereocenters. The van der Waals surface area contributed by atoms with E-state index in [9.17, 15) is 0 Å². The lowest BCUT2D eigenvalue weighted by Gasteiger charge is -1.90. The van der Waals surface area contributed by atoms with Crippen LogP contribution in [0.3, 0.4) is 0 Å². The summed E-state index contributed by atoms with van der Waals surface area (Å²) in [6, 6.07) is 14.6. The van der Waals surface area contributed by atoms with Crippen LogP contribution in [0.2, 0.25) is 0 Å². The molecule has 0 fully saturated rings. The molecule has 1 nitrogen and oxygen atoms in total. The number of para-hydroxylation sites is 1. The van der Waals surface area contributed by atoms with E-state index in [1.807, 2.05) is 12.1 Å². The van der Waals surface area contributed by atoms with Gasteiger partial charge in [-0.1, -0.05) is 24.3 Å². The highest BCUT2D eigenvalue weighted by molar-refractivity contribution is 7.18. The fourth-order valence-corrected chi connectivity index (χ4v) is 3.09. The summed E-state index contributed by atoms with van der Waals surface area (Å²) in [7, 11) is 0. The van der Waals surface area contributed by atoms with Gasteiger partial charge in [-0.2, -0.15) is 0 Å². The molecule has 0 spiro atoms. The van der Waals surface area contributed by atoms with Crippen LogP contribution in [0.5, 0.6) is 0 Å². The van der Waals surface area contributed by atoms with Gasteiger partial charge in [0, 0.05) is 10.8 Å². The minimum Gasteiger partial charge on any atom is -0.455 e. The van der Waals surface area contributed by atoms with Crippen molar-refractivity contribution in [3.05, 3.63) is 47.8 Å². The molecule has 2 aromatic carbocycles. The molecule has 0 N–H and O–H groups in total. The Bertz CT molecular complexity index is 807. The van der Waals surface area contributed by atoms with Crippen molar-refractivity contribution in [1.29, 1.82) is 0 Å². The van der Waals surface area contributed by atoms with Gasteiger partial charge in [-0.15, -0.1) is 11.3 Å². The molecule has 0 unspecified atom stereocenters. The first-order valence-electron chi connectivity index (χ1n) is 5.21. The van der Waals surface area contributed by atoms with Gasteiger partial charge in [-0.3, -0.25) is 0 Å². The fourth-order valence-electron chi connectivity index (χ4n) is 2.21. The minimum atomic E-state index is 0.971. The fraction of sp³-hybridized carbons (Fsp3) is 0. The average molecular weight is 224 g/mol. The van der Waals surface area contributed by atoms with Crippen LogP contribution in [-0.4, -0.2) is 0 Å². The largest absolute Gasteiger partial charge is 0.455 e. The first kappa shape index (κ1) is 8.36. The van der Waals surface area contributed by atoms with Gasteiger partial charge >= 0.3 is 0 Å². The number of thiophene rings is 1. The molecule has 4 aromatic rings. The summed E-state index contributed by atoms with van der Waals surface area (Å²) in [6.45, 7) is 0. The summed E-state index contributed by atoms with van der Waals surface area (Å²) in [4.78, 5) is 0. The van der Waals surface area contributed by atoms with E-state index in [1.165, 1.54) is 20.9 Å². The van der Waals surface area contributed by atoms with Crippen molar-refractivity contribution in [3.8, 4) is 0 Å². The van der Waals surface area contributed by atoms with Gasteiger partial charge in [-0.25, -0.2) is 0 Å². The highest BCUT2D eigenvalue weighted by atomic mass is 32.1. The maximum absolute atomic E-state index is 5.93. The molecule has 0 bridgehead atoms. The number of rotatable bonds is 0. The zero-order chi connectivity index (χ0) is 10.5. The Morgan fingerprint density at radius 2 is 1.81 bits per heavy atom. The van der Waals surface area contributed by atoms with Crippen LogP contribution in [0, 0.1) is 0 Å². The van der Waals surface area contributed by atoms with E-state index in [0.29, 0.717) is 0 Å². The third kappa shape index (κ3) is 0.947. The van der Waals surface area contributed by atoms with Crippen LogP contribution in [0.4, 0.5) is 0 Å². The first-order valence-corrected chi connectivity index (χ1v) is 6.09. The Hall–Kier alpha value is -1.80. The molecule has 2 heterocycles. The molecular weight excluding hydrogens is 216 g/mol. The highest BCUT2D eigenvalue weighted by Gasteiger charge is 2.09. The molecule has 76 valence electrons. The maximum Gasteiger partial charge on any atom is 0.153 e. The van der Waals surface area contributed by atoms with E-state index in [-0.39, 0.29) is 0 Å². The molecule has 2 heteroatoms. The van der Waals surface area contributed by atoms with Crippen molar-refractivity contribution in [1.82, 2.24) is 0 Å². The van der Waals surface area contributed by atoms with Crippen LogP contribution in [0.25, 0.3) is 32.0 Å². The number of hydrogen-bond donors (Lipinski definition) is 0.